The predicted molar refractivity (Wildman–Crippen MR) is 122 cm³/mol. The van der Waals surface area contributed by atoms with Crippen LogP contribution >= 0.6 is 0 Å². The highest BCUT2D eigenvalue weighted by molar-refractivity contribution is 5.77. The lowest BCUT2D eigenvalue weighted by Gasteiger charge is -2.42. The van der Waals surface area contributed by atoms with E-state index in [0.29, 0.717) is 45.7 Å². The SMILES string of the molecule is CC(C)(C)OC(=O)NCC1(F)CCN(CC2(C(=O)OCc3ccccc3)CCOCC2)CC1. The fourth-order valence-electron chi connectivity index (χ4n) is 4.33. The zero-order valence-corrected chi connectivity index (χ0v) is 20.0. The molecule has 7 nitrogen and oxygen atoms in total. The predicted octanol–water partition coefficient (Wildman–Crippen LogP) is 3.86. The number of carbonyl (C=O) groups is 2. The highest BCUT2D eigenvalue weighted by atomic mass is 19.1. The summed E-state index contributed by atoms with van der Waals surface area (Å²) >= 11 is 0. The molecule has 2 aliphatic rings. The highest BCUT2D eigenvalue weighted by Gasteiger charge is 2.45. The fourth-order valence-corrected chi connectivity index (χ4v) is 4.33. The van der Waals surface area contributed by atoms with Crippen molar-refractivity contribution in [2.75, 3.05) is 39.4 Å². The van der Waals surface area contributed by atoms with Gasteiger partial charge in [0.15, 0.2) is 0 Å². The smallest absolute Gasteiger partial charge is 0.407 e. The van der Waals surface area contributed by atoms with Gasteiger partial charge in [-0.3, -0.25) is 4.79 Å². The van der Waals surface area contributed by atoms with E-state index in [0.717, 1.165) is 5.56 Å². The number of ether oxygens (including phenoxy) is 3. The number of rotatable bonds is 7. The zero-order valence-electron chi connectivity index (χ0n) is 20.0. The van der Waals surface area contributed by atoms with E-state index in [1.807, 2.05) is 30.3 Å². The summed E-state index contributed by atoms with van der Waals surface area (Å²) < 4.78 is 31.7. The number of nitrogens with one attached hydrogen (secondary N) is 1. The molecule has 0 atom stereocenters. The molecule has 33 heavy (non-hydrogen) atoms. The minimum absolute atomic E-state index is 0.0755. The number of nitrogens with zero attached hydrogens (tertiary/aromatic N) is 1. The van der Waals surface area contributed by atoms with Crippen LogP contribution in [-0.2, 0) is 25.6 Å². The molecule has 0 spiro atoms. The molecule has 2 aliphatic heterocycles. The summed E-state index contributed by atoms with van der Waals surface area (Å²) in [5.74, 6) is -0.210. The molecule has 0 unspecified atom stereocenters. The Bertz CT molecular complexity index is 782. The van der Waals surface area contributed by atoms with Crippen molar-refractivity contribution in [1.29, 1.82) is 0 Å². The van der Waals surface area contributed by atoms with Gasteiger partial charge in [-0.05, 0) is 52.0 Å². The third-order valence-corrected chi connectivity index (χ3v) is 6.32. The van der Waals surface area contributed by atoms with Crippen LogP contribution in [0.2, 0.25) is 0 Å². The summed E-state index contributed by atoms with van der Waals surface area (Å²) in [7, 11) is 0. The fraction of sp³-hybridized carbons (Fsp3) is 0.680. The summed E-state index contributed by atoms with van der Waals surface area (Å²) in [6.45, 7) is 8.07. The van der Waals surface area contributed by atoms with E-state index in [4.69, 9.17) is 14.2 Å². The zero-order chi connectivity index (χ0) is 24.0. The number of piperidine rings is 1. The standard InChI is InChI=1S/C25H37FN2O5/c1-23(2,3)33-22(30)27-18-25(26)9-13-28(14-10-25)19-24(11-15-31-16-12-24)21(29)32-17-20-7-5-4-6-8-20/h4-8H,9-19H2,1-3H3,(H,27,30). The van der Waals surface area contributed by atoms with Crippen molar-refractivity contribution in [2.24, 2.45) is 5.41 Å². The molecular weight excluding hydrogens is 427 g/mol. The van der Waals surface area contributed by atoms with E-state index >= 15 is 4.39 Å². The van der Waals surface area contributed by atoms with Gasteiger partial charge in [0.25, 0.3) is 0 Å². The van der Waals surface area contributed by atoms with Crippen molar-refractivity contribution in [3.63, 3.8) is 0 Å². The molecule has 184 valence electrons. The van der Waals surface area contributed by atoms with E-state index in [-0.39, 0.29) is 32.0 Å². The minimum atomic E-state index is -1.48. The molecule has 0 radical (unpaired) electrons. The Labute approximate surface area is 195 Å². The van der Waals surface area contributed by atoms with Crippen LogP contribution < -0.4 is 5.32 Å². The van der Waals surface area contributed by atoms with Crippen molar-refractivity contribution < 1.29 is 28.2 Å². The lowest BCUT2D eigenvalue weighted by Crippen LogP contribution is -2.53. The van der Waals surface area contributed by atoms with Gasteiger partial charge in [0.1, 0.15) is 17.9 Å². The van der Waals surface area contributed by atoms with Gasteiger partial charge >= 0.3 is 12.1 Å². The van der Waals surface area contributed by atoms with Crippen molar-refractivity contribution in [3.05, 3.63) is 35.9 Å². The number of alkyl halides is 1. The Morgan fingerprint density at radius 3 is 2.33 bits per heavy atom. The maximum atomic E-state index is 15.3. The molecule has 2 saturated heterocycles. The summed E-state index contributed by atoms with van der Waals surface area (Å²) in [6, 6.07) is 9.63. The summed E-state index contributed by atoms with van der Waals surface area (Å²) in [5, 5.41) is 2.56. The molecule has 0 aromatic heterocycles. The maximum absolute atomic E-state index is 15.3. The lowest BCUT2D eigenvalue weighted by molar-refractivity contribution is -0.165. The average molecular weight is 465 g/mol. The molecule has 1 aromatic carbocycles. The monoisotopic (exact) mass is 464 g/mol. The molecule has 2 fully saturated rings. The summed E-state index contributed by atoms with van der Waals surface area (Å²) in [5.41, 5.74) is -1.79. The molecule has 1 amide bonds. The van der Waals surface area contributed by atoms with Crippen molar-refractivity contribution >= 4 is 12.1 Å². The van der Waals surface area contributed by atoms with Crippen LogP contribution in [0.3, 0.4) is 0 Å². The summed E-state index contributed by atoms with van der Waals surface area (Å²) in [4.78, 5) is 27.2. The number of halogens is 1. The molecule has 0 aliphatic carbocycles. The van der Waals surface area contributed by atoms with Gasteiger partial charge in [-0.1, -0.05) is 30.3 Å². The first-order valence-electron chi connectivity index (χ1n) is 11.8. The largest absolute Gasteiger partial charge is 0.460 e. The molecule has 3 rings (SSSR count). The highest BCUT2D eigenvalue weighted by Crippen LogP contribution is 2.36. The van der Waals surface area contributed by atoms with Crippen LogP contribution in [-0.4, -0.2) is 67.6 Å². The van der Waals surface area contributed by atoms with Gasteiger partial charge in [-0.25, -0.2) is 9.18 Å². The first kappa shape index (κ1) is 25.4. The molecule has 0 bridgehead atoms. The van der Waals surface area contributed by atoms with Gasteiger partial charge in [0.05, 0.1) is 12.0 Å². The van der Waals surface area contributed by atoms with Gasteiger partial charge < -0.3 is 24.4 Å². The summed E-state index contributed by atoms with van der Waals surface area (Å²) in [6.07, 6.45) is 1.16. The van der Waals surface area contributed by atoms with Gasteiger partial charge in [0, 0.05) is 32.8 Å². The Hall–Kier alpha value is -2.19. The Balaban J connectivity index is 1.52. The topological polar surface area (TPSA) is 77.1 Å². The number of hydrogen-bond donors (Lipinski definition) is 1. The number of amides is 1. The Morgan fingerprint density at radius 1 is 1.09 bits per heavy atom. The first-order valence-corrected chi connectivity index (χ1v) is 11.8. The molecular formula is C25H37FN2O5. The second-order valence-electron chi connectivity index (χ2n) is 10.2. The Kier molecular flexibility index (Phi) is 8.34. The van der Waals surface area contributed by atoms with E-state index in [9.17, 15) is 9.59 Å². The third kappa shape index (κ3) is 7.67. The molecule has 1 N–H and O–H groups in total. The van der Waals surface area contributed by atoms with Crippen LogP contribution in [0.25, 0.3) is 0 Å². The van der Waals surface area contributed by atoms with E-state index < -0.39 is 22.8 Å². The normalized spacial score (nSPS) is 20.6. The second-order valence-corrected chi connectivity index (χ2v) is 10.2. The van der Waals surface area contributed by atoms with Crippen molar-refractivity contribution in [1.82, 2.24) is 10.2 Å². The molecule has 2 heterocycles. The van der Waals surface area contributed by atoms with Crippen LogP contribution in [0.1, 0.15) is 52.0 Å². The van der Waals surface area contributed by atoms with Gasteiger partial charge in [-0.15, -0.1) is 0 Å². The van der Waals surface area contributed by atoms with Crippen LogP contribution in [0.15, 0.2) is 30.3 Å². The number of hydrogen-bond acceptors (Lipinski definition) is 6. The van der Waals surface area contributed by atoms with Crippen molar-refractivity contribution in [2.45, 2.75) is 64.3 Å². The molecule has 0 saturated carbocycles. The average Bonchev–Trinajstić information content (AvgIpc) is 2.78. The van der Waals surface area contributed by atoms with Crippen LogP contribution in [0.4, 0.5) is 9.18 Å². The second kappa shape index (κ2) is 10.8. The van der Waals surface area contributed by atoms with E-state index in [1.54, 1.807) is 20.8 Å². The Morgan fingerprint density at radius 2 is 1.73 bits per heavy atom. The number of likely N-dealkylation sites (tertiary alicyclic amines) is 1. The molecule has 1 aromatic rings. The third-order valence-electron chi connectivity index (χ3n) is 6.32. The molecule has 8 heteroatoms. The number of carbonyl (C=O) groups excluding carboxylic acids is 2. The minimum Gasteiger partial charge on any atom is -0.460 e. The van der Waals surface area contributed by atoms with Crippen molar-refractivity contribution in [3.8, 4) is 0 Å². The quantitative estimate of drug-likeness (QED) is 0.618. The van der Waals surface area contributed by atoms with Crippen LogP contribution in [0.5, 0.6) is 0 Å². The maximum Gasteiger partial charge on any atom is 0.407 e. The number of esters is 1. The lowest BCUT2D eigenvalue weighted by atomic mass is 9.79. The number of benzene rings is 1. The van der Waals surface area contributed by atoms with Crippen LogP contribution in [0, 0.1) is 5.41 Å². The number of alkyl carbamates (subject to hydrolysis) is 1. The van der Waals surface area contributed by atoms with Gasteiger partial charge in [0.2, 0.25) is 0 Å². The first-order chi connectivity index (χ1) is 15.6. The van der Waals surface area contributed by atoms with E-state index in [1.165, 1.54) is 0 Å². The van der Waals surface area contributed by atoms with Gasteiger partial charge in [-0.2, -0.15) is 0 Å². The van der Waals surface area contributed by atoms with E-state index in [2.05, 4.69) is 10.2 Å².